The van der Waals surface area contributed by atoms with E-state index >= 15 is 0 Å². The summed E-state index contributed by atoms with van der Waals surface area (Å²) in [6.45, 7) is 5.67. The third kappa shape index (κ3) is 3.64. The van der Waals surface area contributed by atoms with Crippen molar-refractivity contribution in [3.8, 4) is 5.69 Å². The summed E-state index contributed by atoms with van der Waals surface area (Å²) in [4.78, 5) is 16.2. The summed E-state index contributed by atoms with van der Waals surface area (Å²) < 4.78 is 1.52. The van der Waals surface area contributed by atoms with E-state index in [9.17, 15) is 9.90 Å². The highest BCUT2D eigenvalue weighted by Gasteiger charge is 2.18. The van der Waals surface area contributed by atoms with Crippen molar-refractivity contribution in [2.75, 3.05) is 6.54 Å². The Morgan fingerprint density at radius 3 is 2.73 bits per heavy atom. The largest absolute Gasteiger partial charge is 0.391 e. The number of benzene rings is 1. The molecule has 1 aromatic heterocycles. The van der Waals surface area contributed by atoms with Gasteiger partial charge in [0.2, 0.25) is 5.82 Å². The number of aryl methyl sites for hydroxylation is 1. The first-order valence-electron chi connectivity index (χ1n) is 7.05. The van der Waals surface area contributed by atoms with Gasteiger partial charge in [0.15, 0.2) is 0 Å². The highest BCUT2D eigenvalue weighted by Crippen LogP contribution is 2.20. The second kappa shape index (κ2) is 6.89. The van der Waals surface area contributed by atoms with Crippen molar-refractivity contribution in [3.63, 3.8) is 0 Å². The molecule has 1 unspecified atom stereocenters. The average molecular weight is 323 g/mol. The van der Waals surface area contributed by atoms with Crippen LogP contribution in [0.25, 0.3) is 5.69 Å². The molecular weight excluding hydrogens is 304 g/mol. The lowest BCUT2D eigenvalue weighted by atomic mass is 10.1. The number of carbonyl (C=O) groups is 1. The van der Waals surface area contributed by atoms with Crippen molar-refractivity contribution in [2.24, 2.45) is 5.92 Å². The molecule has 0 aliphatic carbocycles. The molecule has 6 nitrogen and oxygen atoms in total. The van der Waals surface area contributed by atoms with Crippen LogP contribution in [0.15, 0.2) is 24.3 Å². The molecule has 2 rings (SSSR count). The number of amides is 1. The third-order valence-corrected chi connectivity index (χ3v) is 3.61. The van der Waals surface area contributed by atoms with Crippen LogP contribution in [0.3, 0.4) is 0 Å². The van der Waals surface area contributed by atoms with E-state index in [1.54, 1.807) is 19.1 Å². The minimum Gasteiger partial charge on any atom is -0.391 e. The molecule has 0 fully saturated rings. The van der Waals surface area contributed by atoms with E-state index in [4.69, 9.17) is 11.6 Å². The average Bonchev–Trinajstić information content (AvgIpc) is 2.86. The first-order chi connectivity index (χ1) is 10.4. The zero-order chi connectivity index (χ0) is 16.3. The number of carbonyl (C=O) groups excluding carboxylic acids is 1. The van der Waals surface area contributed by atoms with Crippen LogP contribution in [0.4, 0.5) is 0 Å². The molecule has 0 saturated carbocycles. The van der Waals surface area contributed by atoms with E-state index in [0.29, 0.717) is 16.5 Å². The SMILES string of the molecule is Cc1nc(C(=O)NCC(O)C(C)C)nn1-c1ccccc1Cl. The Morgan fingerprint density at radius 2 is 2.09 bits per heavy atom. The lowest BCUT2D eigenvalue weighted by molar-refractivity contribution is 0.0862. The summed E-state index contributed by atoms with van der Waals surface area (Å²) in [5.41, 5.74) is 0.662. The number of aliphatic hydroxyl groups excluding tert-OH is 1. The predicted octanol–water partition coefficient (Wildman–Crippen LogP) is 1.98. The van der Waals surface area contributed by atoms with Crippen LogP contribution in [0.2, 0.25) is 5.02 Å². The van der Waals surface area contributed by atoms with Gasteiger partial charge in [0.05, 0.1) is 16.8 Å². The van der Waals surface area contributed by atoms with Crippen molar-refractivity contribution >= 4 is 17.5 Å². The van der Waals surface area contributed by atoms with Gasteiger partial charge in [-0.1, -0.05) is 37.6 Å². The van der Waals surface area contributed by atoms with Crippen LogP contribution >= 0.6 is 11.6 Å². The number of nitrogens with one attached hydrogen (secondary N) is 1. The van der Waals surface area contributed by atoms with Gasteiger partial charge in [-0.2, -0.15) is 0 Å². The maximum atomic E-state index is 12.1. The minimum atomic E-state index is -0.601. The number of nitrogens with zero attached hydrogens (tertiary/aromatic N) is 3. The highest BCUT2D eigenvalue weighted by molar-refractivity contribution is 6.32. The molecule has 0 saturated heterocycles. The maximum Gasteiger partial charge on any atom is 0.291 e. The second-order valence-corrected chi connectivity index (χ2v) is 5.77. The smallest absolute Gasteiger partial charge is 0.291 e. The van der Waals surface area contributed by atoms with Gasteiger partial charge in [-0.25, -0.2) is 9.67 Å². The molecule has 1 amide bonds. The molecule has 22 heavy (non-hydrogen) atoms. The maximum absolute atomic E-state index is 12.1. The van der Waals surface area contributed by atoms with E-state index in [0.717, 1.165) is 0 Å². The van der Waals surface area contributed by atoms with Crippen LogP contribution in [0.5, 0.6) is 0 Å². The molecule has 2 N–H and O–H groups in total. The quantitative estimate of drug-likeness (QED) is 0.882. The van der Waals surface area contributed by atoms with E-state index < -0.39 is 12.0 Å². The molecule has 118 valence electrons. The van der Waals surface area contributed by atoms with Crippen molar-refractivity contribution in [3.05, 3.63) is 40.9 Å². The topological polar surface area (TPSA) is 80.0 Å². The van der Waals surface area contributed by atoms with Gasteiger partial charge in [0, 0.05) is 6.54 Å². The summed E-state index contributed by atoms with van der Waals surface area (Å²) in [5.74, 6) is 0.250. The van der Waals surface area contributed by atoms with E-state index in [1.807, 2.05) is 26.0 Å². The van der Waals surface area contributed by atoms with E-state index in [2.05, 4.69) is 15.4 Å². The Kier molecular flexibility index (Phi) is 5.15. The molecule has 0 spiro atoms. The number of hydrogen-bond acceptors (Lipinski definition) is 4. The molecule has 7 heteroatoms. The van der Waals surface area contributed by atoms with Gasteiger partial charge < -0.3 is 10.4 Å². The summed E-state index contributed by atoms with van der Waals surface area (Å²) >= 11 is 6.13. The van der Waals surface area contributed by atoms with Gasteiger partial charge >= 0.3 is 0 Å². The summed E-state index contributed by atoms with van der Waals surface area (Å²) in [6, 6.07) is 7.20. The fourth-order valence-electron chi connectivity index (χ4n) is 1.85. The first-order valence-corrected chi connectivity index (χ1v) is 7.42. The zero-order valence-electron chi connectivity index (χ0n) is 12.7. The van der Waals surface area contributed by atoms with Crippen molar-refractivity contribution in [1.29, 1.82) is 0 Å². The fourth-order valence-corrected chi connectivity index (χ4v) is 2.07. The van der Waals surface area contributed by atoms with Gasteiger partial charge in [-0.15, -0.1) is 5.10 Å². The lowest BCUT2D eigenvalue weighted by Crippen LogP contribution is -2.35. The number of rotatable bonds is 5. The Balaban J connectivity index is 2.16. The van der Waals surface area contributed by atoms with Crippen LogP contribution in [-0.4, -0.2) is 38.4 Å². The number of aliphatic hydroxyl groups is 1. The van der Waals surface area contributed by atoms with Gasteiger partial charge in [-0.05, 0) is 25.0 Å². The molecule has 0 aliphatic heterocycles. The molecule has 1 atom stereocenters. The predicted molar refractivity (Wildman–Crippen MR) is 84.3 cm³/mol. The second-order valence-electron chi connectivity index (χ2n) is 5.37. The van der Waals surface area contributed by atoms with Crippen LogP contribution in [-0.2, 0) is 0 Å². The van der Waals surface area contributed by atoms with Crippen molar-refractivity contribution in [1.82, 2.24) is 20.1 Å². The minimum absolute atomic E-state index is 0.0494. The lowest BCUT2D eigenvalue weighted by Gasteiger charge is -2.14. The number of para-hydroxylation sites is 1. The Hall–Kier alpha value is -1.92. The molecule has 0 radical (unpaired) electrons. The van der Waals surface area contributed by atoms with Crippen LogP contribution in [0, 0.1) is 12.8 Å². The summed E-state index contributed by atoms with van der Waals surface area (Å²) in [7, 11) is 0. The standard InChI is InChI=1S/C15H19ClN4O2/c1-9(2)13(21)8-17-15(22)14-18-10(3)20(19-14)12-7-5-4-6-11(12)16/h4-7,9,13,21H,8H2,1-3H3,(H,17,22). The number of halogens is 1. The highest BCUT2D eigenvalue weighted by atomic mass is 35.5. The molecule has 0 aliphatic rings. The Labute approximate surface area is 134 Å². The molecule has 0 bridgehead atoms. The van der Waals surface area contributed by atoms with Crippen LogP contribution < -0.4 is 5.32 Å². The monoisotopic (exact) mass is 322 g/mol. The summed E-state index contributed by atoms with van der Waals surface area (Å²) in [6.07, 6.45) is -0.601. The van der Waals surface area contributed by atoms with E-state index in [1.165, 1.54) is 4.68 Å². The van der Waals surface area contributed by atoms with Gasteiger partial charge in [-0.3, -0.25) is 4.79 Å². The van der Waals surface area contributed by atoms with E-state index in [-0.39, 0.29) is 18.3 Å². The van der Waals surface area contributed by atoms with Crippen LogP contribution in [0.1, 0.15) is 30.3 Å². The Bertz CT molecular complexity index is 669. The Morgan fingerprint density at radius 1 is 1.41 bits per heavy atom. The first kappa shape index (κ1) is 16.5. The normalized spacial score (nSPS) is 12.5. The molecular formula is C15H19ClN4O2. The molecule has 1 aromatic carbocycles. The number of hydrogen-bond donors (Lipinski definition) is 2. The van der Waals surface area contributed by atoms with Crippen molar-refractivity contribution in [2.45, 2.75) is 26.9 Å². The zero-order valence-corrected chi connectivity index (χ0v) is 13.5. The van der Waals surface area contributed by atoms with Gasteiger partial charge in [0.1, 0.15) is 5.82 Å². The number of aromatic nitrogens is 3. The third-order valence-electron chi connectivity index (χ3n) is 3.29. The molecule has 2 aromatic rings. The van der Waals surface area contributed by atoms with Crippen molar-refractivity contribution < 1.29 is 9.90 Å². The van der Waals surface area contributed by atoms with Gasteiger partial charge in [0.25, 0.3) is 5.91 Å². The fraction of sp³-hybridized carbons (Fsp3) is 0.400. The molecule has 1 heterocycles. The summed E-state index contributed by atoms with van der Waals surface area (Å²) in [5, 5.41) is 17.1.